The monoisotopic (exact) mass is 266 g/mol. The van der Waals surface area contributed by atoms with Crippen molar-refractivity contribution in [2.45, 2.75) is 32.2 Å². The summed E-state index contributed by atoms with van der Waals surface area (Å²) in [5, 5.41) is 18.2. The van der Waals surface area contributed by atoms with Crippen LogP contribution in [0.1, 0.15) is 26.2 Å². The second-order valence-electron chi connectivity index (χ2n) is 4.76. The Balaban J connectivity index is 2.04. The molecule has 0 aliphatic carbocycles. The van der Waals surface area contributed by atoms with Gasteiger partial charge >= 0.3 is 12.0 Å². The lowest BCUT2D eigenvalue weighted by Crippen LogP contribution is -2.51. The molecule has 2 atom stereocenters. The van der Waals surface area contributed by atoms with Crippen molar-refractivity contribution in [3.63, 3.8) is 0 Å². The molecule has 0 saturated carbocycles. The van der Waals surface area contributed by atoms with Gasteiger partial charge in [0.25, 0.3) is 0 Å². The first-order chi connectivity index (χ1) is 9.11. The molecular weight excluding hydrogens is 248 g/mol. The molecule has 1 aliphatic rings. The van der Waals surface area contributed by atoms with E-state index in [2.05, 4.69) is 15.5 Å². The topological polar surface area (TPSA) is 98.3 Å². The van der Waals surface area contributed by atoms with Crippen LogP contribution in [0.15, 0.2) is 12.4 Å². The minimum absolute atomic E-state index is 0.374. The Morgan fingerprint density at radius 3 is 3.00 bits per heavy atom. The molecule has 19 heavy (non-hydrogen) atoms. The van der Waals surface area contributed by atoms with Gasteiger partial charge in [-0.05, 0) is 18.8 Å². The third-order valence-electron chi connectivity index (χ3n) is 3.58. The first-order valence-electron chi connectivity index (χ1n) is 6.41. The van der Waals surface area contributed by atoms with Crippen LogP contribution < -0.4 is 5.32 Å². The Labute approximate surface area is 111 Å². The molecule has 7 nitrogen and oxygen atoms in total. The highest BCUT2D eigenvalue weighted by molar-refractivity contribution is 5.92. The predicted molar refractivity (Wildman–Crippen MR) is 68.8 cm³/mol. The first-order valence-corrected chi connectivity index (χ1v) is 6.41. The largest absolute Gasteiger partial charge is 0.480 e. The lowest BCUT2D eigenvalue weighted by molar-refractivity contribution is -0.143. The fourth-order valence-electron chi connectivity index (χ4n) is 2.40. The smallest absolute Gasteiger partial charge is 0.326 e. The number of nitrogens with zero attached hydrogens (tertiary/aromatic N) is 2. The molecule has 1 fully saturated rings. The summed E-state index contributed by atoms with van der Waals surface area (Å²) >= 11 is 0. The predicted octanol–water partition coefficient (Wildman–Crippen LogP) is 1.52. The van der Waals surface area contributed by atoms with Crippen LogP contribution in [0.5, 0.6) is 0 Å². The van der Waals surface area contributed by atoms with Gasteiger partial charge in [0.15, 0.2) is 0 Å². The van der Waals surface area contributed by atoms with E-state index in [0.29, 0.717) is 24.6 Å². The van der Waals surface area contributed by atoms with Crippen molar-refractivity contribution in [1.82, 2.24) is 15.1 Å². The van der Waals surface area contributed by atoms with Crippen LogP contribution in [0.3, 0.4) is 0 Å². The van der Waals surface area contributed by atoms with Crippen molar-refractivity contribution >= 4 is 17.7 Å². The second-order valence-corrected chi connectivity index (χ2v) is 4.76. The quantitative estimate of drug-likeness (QED) is 0.772. The van der Waals surface area contributed by atoms with Crippen LogP contribution in [0.2, 0.25) is 0 Å². The number of urea groups is 1. The summed E-state index contributed by atoms with van der Waals surface area (Å²) in [6.07, 6.45) is 5.34. The average molecular weight is 266 g/mol. The number of carboxylic acid groups (broad SMARTS) is 1. The first kappa shape index (κ1) is 13.4. The molecule has 2 amide bonds. The van der Waals surface area contributed by atoms with Crippen LogP contribution in [-0.2, 0) is 4.79 Å². The number of H-pyrrole nitrogens is 1. The van der Waals surface area contributed by atoms with Gasteiger partial charge in [0, 0.05) is 12.7 Å². The molecule has 2 rings (SSSR count). The third-order valence-corrected chi connectivity index (χ3v) is 3.58. The number of piperidine rings is 1. The van der Waals surface area contributed by atoms with E-state index in [1.54, 1.807) is 6.20 Å². The molecule has 0 radical (unpaired) electrons. The zero-order chi connectivity index (χ0) is 13.8. The Morgan fingerprint density at radius 1 is 1.63 bits per heavy atom. The lowest BCUT2D eigenvalue weighted by atomic mass is 9.89. The summed E-state index contributed by atoms with van der Waals surface area (Å²) in [6.45, 7) is 2.52. The molecule has 2 unspecified atom stereocenters. The molecule has 0 bridgehead atoms. The van der Waals surface area contributed by atoms with Crippen LogP contribution >= 0.6 is 0 Å². The highest BCUT2D eigenvalue weighted by Gasteiger charge is 2.35. The standard InChI is InChI=1S/C12H18N4O3/c1-2-8-3-4-16(10(5-8)11(17)18)12(19)15-9-6-13-14-7-9/h6-8,10H,2-5H2,1H3,(H,13,14)(H,15,19)(H,17,18). The van der Waals surface area contributed by atoms with Crippen LogP contribution in [0.25, 0.3) is 0 Å². The van der Waals surface area contributed by atoms with Crippen LogP contribution in [-0.4, -0.2) is 44.8 Å². The Hall–Kier alpha value is -2.05. The summed E-state index contributed by atoms with van der Waals surface area (Å²) in [5.41, 5.74) is 0.534. The van der Waals surface area contributed by atoms with Crippen molar-refractivity contribution in [3.05, 3.63) is 12.4 Å². The van der Waals surface area contributed by atoms with E-state index in [4.69, 9.17) is 0 Å². The molecule has 3 N–H and O–H groups in total. The van der Waals surface area contributed by atoms with E-state index < -0.39 is 12.0 Å². The second kappa shape index (κ2) is 5.73. The van der Waals surface area contributed by atoms with Gasteiger partial charge in [0.2, 0.25) is 0 Å². The van der Waals surface area contributed by atoms with Gasteiger partial charge < -0.3 is 15.3 Å². The molecule has 1 saturated heterocycles. The highest BCUT2D eigenvalue weighted by Crippen LogP contribution is 2.26. The Bertz CT molecular complexity index is 446. The number of hydrogen-bond donors (Lipinski definition) is 3. The summed E-state index contributed by atoms with van der Waals surface area (Å²) in [6, 6.07) is -1.13. The van der Waals surface area contributed by atoms with Gasteiger partial charge in [-0.25, -0.2) is 9.59 Å². The Morgan fingerprint density at radius 2 is 2.42 bits per heavy atom. The van der Waals surface area contributed by atoms with Crippen molar-refractivity contribution in [2.75, 3.05) is 11.9 Å². The van der Waals surface area contributed by atoms with Crippen molar-refractivity contribution in [3.8, 4) is 0 Å². The van der Waals surface area contributed by atoms with Gasteiger partial charge in [0.05, 0.1) is 11.9 Å². The Kier molecular flexibility index (Phi) is 4.03. The minimum Gasteiger partial charge on any atom is -0.480 e. The lowest BCUT2D eigenvalue weighted by Gasteiger charge is -2.36. The van der Waals surface area contributed by atoms with Crippen LogP contribution in [0.4, 0.5) is 10.5 Å². The number of nitrogens with one attached hydrogen (secondary N) is 2. The molecule has 0 spiro atoms. The van der Waals surface area contributed by atoms with E-state index in [-0.39, 0.29) is 6.03 Å². The highest BCUT2D eigenvalue weighted by atomic mass is 16.4. The number of carbonyl (C=O) groups excluding carboxylic acids is 1. The summed E-state index contributed by atoms with van der Waals surface area (Å²) in [5.74, 6) is -0.570. The van der Waals surface area contributed by atoms with E-state index in [1.807, 2.05) is 6.92 Å². The maximum absolute atomic E-state index is 12.1. The number of rotatable bonds is 3. The maximum Gasteiger partial charge on any atom is 0.326 e. The number of aromatic nitrogens is 2. The van der Waals surface area contributed by atoms with E-state index in [1.165, 1.54) is 11.1 Å². The number of carbonyl (C=O) groups is 2. The normalized spacial score (nSPS) is 23.1. The molecule has 2 heterocycles. The SMILES string of the molecule is CCC1CCN(C(=O)Nc2cn[nH]c2)C(C(=O)O)C1. The van der Waals surface area contributed by atoms with Gasteiger partial charge in [0.1, 0.15) is 6.04 Å². The maximum atomic E-state index is 12.1. The zero-order valence-electron chi connectivity index (χ0n) is 10.8. The number of anilines is 1. The number of aromatic amines is 1. The van der Waals surface area contributed by atoms with E-state index >= 15 is 0 Å². The fraction of sp³-hybridized carbons (Fsp3) is 0.583. The summed E-state index contributed by atoms with van der Waals surface area (Å²) in [7, 11) is 0. The van der Waals surface area contributed by atoms with Gasteiger partial charge in [-0.2, -0.15) is 5.10 Å². The average Bonchev–Trinajstić information content (AvgIpc) is 2.90. The molecule has 0 aromatic carbocycles. The number of amides is 2. The van der Waals surface area contributed by atoms with Crippen molar-refractivity contribution < 1.29 is 14.7 Å². The van der Waals surface area contributed by atoms with E-state index in [9.17, 15) is 14.7 Å². The molecule has 7 heteroatoms. The van der Waals surface area contributed by atoms with Gasteiger partial charge in [-0.3, -0.25) is 5.10 Å². The number of aliphatic carboxylic acids is 1. The number of likely N-dealkylation sites (tertiary alicyclic amines) is 1. The number of carboxylic acids is 1. The molecular formula is C12H18N4O3. The van der Waals surface area contributed by atoms with Gasteiger partial charge in [-0.1, -0.05) is 13.3 Å². The molecule has 1 aromatic rings. The van der Waals surface area contributed by atoms with Crippen LogP contribution in [0, 0.1) is 5.92 Å². The van der Waals surface area contributed by atoms with Crippen molar-refractivity contribution in [2.24, 2.45) is 5.92 Å². The fourth-order valence-corrected chi connectivity index (χ4v) is 2.40. The van der Waals surface area contributed by atoms with Gasteiger partial charge in [-0.15, -0.1) is 0 Å². The van der Waals surface area contributed by atoms with Crippen molar-refractivity contribution in [1.29, 1.82) is 0 Å². The molecule has 1 aromatic heterocycles. The third kappa shape index (κ3) is 3.04. The molecule has 104 valence electrons. The summed E-state index contributed by atoms with van der Waals surface area (Å²) < 4.78 is 0. The zero-order valence-corrected chi connectivity index (χ0v) is 10.8. The van der Waals surface area contributed by atoms with E-state index in [0.717, 1.165) is 12.8 Å². The number of hydrogen-bond acceptors (Lipinski definition) is 3. The minimum atomic E-state index is -0.944. The summed E-state index contributed by atoms with van der Waals surface area (Å²) in [4.78, 5) is 24.8. The molecule has 1 aliphatic heterocycles.